The maximum Gasteiger partial charge on any atom is 0.336 e. The summed E-state index contributed by atoms with van der Waals surface area (Å²) in [5.41, 5.74) is 1.30. The van der Waals surface area contributed by atoms with Crippen molar-refractivity contribution in [2.45, 2.75) is 32.6 Å². The molecule has 21 heavy (non-hydrogen) atoms. The number of halogens is 2. The lowest BCUT2D eigenvalue weighted by molar-refractivity contribution is 0.0696. The fraction of sp³-hybridized carbons (Fsp3) is 0.375. The summed E-state index contributed by atoms with van der Waals surface area (Å²) in [5, 5.41) is 9.42. The molecule has 0 spiro atoms. The van der Waals surface area contributed by atoms with Gasteiger partial charge in [-0.05, 0) is 30.7 Å². The summed E-state index contributed by atoms with van der Waals surface area (Å²) in [6, 6.07) is 1.81. The summed E-state index contributed by atoms with van der Waals surface area (Å²) in [5.74, 6) is -2.40. The van der Waals surface area contributed by atoms with E-state index in [0.717, 1.165) is 18.9 Å². The molecule has 1 aliphatic carbocycles. The predicted molar refractivity (Wildman–Crippen MR) is 74.4 cm³/mol. The molecule has 1 heterocycles. The second-order valence-electron chi connectivity index (χ2n) is 5.52. The van der Waals surface area contributed by atoms with Crippen molar-refractivity contribution in [2.24, 2.45) is 5.92 Å². The molecule has 5 heteroatoms. The van der Waals surface area contributed by atoms with Gasteiger partial charge in [0.05, 0.1) is 16.5 Å². The van der Waals surface area contributed by atoms with Gasteiger partial charge in [0.1, 0.15) is 11.6 Å². The maximum atomic E-state index is 14.1. The van der Waals surface area contributed by atoms with Crippen LogP contribution in [0.2, 0.25) is 0 Å². The van der Waals surface area contributed by atoms with Crippen molar-refractivity contribution in [2.75, 3.05) is 0 Å². The van der Waals surface area contributed by atoms with Gasteiger partial charge in [0.2, 0.25) is 0 Å². The van der Waals surface area contributed by atoms with E-state index in [2.05, 4.69) is 11.9 Å². The third kappa shape index (κ3) is 2.26. The Morgan fingerprint density at radius 2 is 2.19 bits per heavy atom. The lowest BCUT2D eigenvalue weighted by Crippen LogP contribution is -2.19. The summed E-state index contributed by atoms with van der Waals surface area (Å²) < 4.78 is 27.4. The van der Waals surface area contributed by atoms with E-state index in [0.29, 0.717) is 36.1 Å². The largest absolute Gasteiger partial charge is 0.478 e. The van der Waals surface area contributed by atoms with Crippen LogP contribution in [0.3, 0.4) is 0 Å². The lowest BCUT2D eigenvalue weighted by atomic mass is 9.82. The average Bonchev–Trinajstić information content (AvgIpc) is 2.43. The molecule has 0 aliphatic heterocycles. The Morgan fingerprint density at radius 3 is 2.86 bits per heavy atom. The lowest BCUT2D eigenvalue weighted by Gasteiger charge is -2.25. The average molecular weight is 291 g/mol. The topological polar surface area (TPSA) is 50.2 Å². The van der Waals surface area contributed by atoms with Crippen LogP contribution < -0.4 is 0 Å². The van der Waals surface area contributed by atoms with Gasteiger partial charge < -0.3 is 5.11 Å². The second-order valence-corrected chi connectivity index (χ2v) is 5.52. The Hall–Kier alpha value is -2.04. The number of fused-ring (bicyclic) bond motifs is 2. The number of rotatable bonds is 2. The van der Waals surface area contributed by atoms with E-state index >= 15 is 0 Å². The number of carboxylic acids is 1. The van der Waals surface area contributed by atoms with E-state index in [1.165, 1.54) is 0 Å². The van der Waals surface area contributed by atoms with Gasteiger partial charge in [0, 0.05) is 17.8 Å². The highest BCUT2D eigenvalue weighted by molar-refractivity contribution is 6.04. The zero-order valence-electron chi connectivity index (χ0n) is 11.6. The molecule has 3 nitrogen and oxygen atoms in total. The van der Waals surface area contributed by atoms with Crippen molar-refractivity contribution < 1.29 is 18.7 Å². The Kier molecular flexibility index (Phi) is 3.35. The zero-order chi connectivity index (χ0) is 15.1. The SMILES string of the molecule is CCC1CCc2nc3cc(F)cc(F)c3c(C(=O)O)c2C1. The molecule has 1 atom stereocenters. The summed E-state index contributed by atoms with van der Waals surface area (Å²) >= 11 is 0. The van der Waals surface area contributed by atoms with Gasteiger partial charge in [0.15, 0.2) is 0 Å². The molecular weight excluding hydrogens is 276 g/mol. The molecule has 1 N–H and O–H groups in total. The van der Waals surface area contributed by atoms with Crippen LogP contribution in [0.15, 0.2) is 12.1 Å². The molecule has 1 aliphatic rings. The fourth-order valence-electron chi connectivity index (χ4n) is 3.15. The van der Waals surface area contributed by atoms with Gasteiger partial charge in [-0.25, -0.2) is 13.6 Å². The molecule has 2 aromatic rings. The summed E-state index contributed by atoms with van der Waals surface area (Å²) in [6.07, 6.45) is 3.12. The summed E-state index contributed by atoms with van der Waals surface area (Å²) in [7, 11) is 0. The molecule has 110 valence electrons. The number of nitrogens with zero attached hydrogens (tertiary/aromatic N) is 1. The number of carbonyl (C=O) groups is 1. The monoisotopic (exact) mass is 291 g/mol. The van der Waals surface area contributed by atoms with Gasteiger partial charge in [-0.15, -0.1) is 0 Å². The number of carboxylic acid groups (broad SMARTS) is 1. The maximum absolute atomic E-state index is 14.1. The number of hydrogen-bond donors (Lipinski definition) is 1. The molecule has 3 rings (SSSR count). The fourth-order valence-corrected chi connectivity index (χ4v) is 3.15. The molecule has 0 radical (unpaired) electrons. The minimum absolute atomic E-state index is 0.0503. The minimum atomic E-state index is -1.18. The van der Waals surface area contributed by atoms with Gasteiger partial charge in [0.25, 0.3) is 0 Å². The summed E-state index contributed by atoms with van der Waals surface area (Å²) in [4.78, 5) is 15.9. The quantitative estimate of drug-likeness (QED) is 0.917. The first-order chi connectivity index (χ1) is 10.0. The van der Waals surface area contributed by atoms with Crippen LogP contribution in [0.5, 0.6) is 0 Å². The molecular formula is C16H15F2NO2. The third-order valence-corrected chi connectivity index (χ3v) is 4.26. The molecule has 0 saturated heterocycles. The number of pyridine rings is 1. The molecule has 0 bridgehead atoms. The first kappa shape index (κ1) is 13.9. The molecule has 1 aromatic carbocycles. The number of benzene rings is 1. The van der Waals surface area contributed by atoms with Crippen LogP contribution in [0.25, 0.3) is 10.9 Å². The first-order valence-electron chi connectivity index (χ1n) is 7.05. The van der Waals surface area contributed by atoms with E-state index in [9.17, 15) is 18.7 Å². The van der Waals surface area contributed by atoms with E-state index in [-0.39, 0.29) is 16.5 Å². The van der Waals surface area contributed by atoms with Crippen molar-refractivity contribution in [3.8, 4) is 0 Å². The van der Waals surface area contributed by atoms with Crippen molar-refractivity contribution in [1.82, 2.24) is 4.98 Å². The molecule has 0 amide bonds. The van der Waals surface area contributed by atoms with Crippen molar-refractivity contribution in [1.29, 1.82) is 0 Å². The van der Waals surface area contributed by atoms with E-state index in [1.807, 2.05) is 0 Å². The van der Waals surface area contributed by atoms with Crippen molar-refractivity contribution in [3.63, 3.8) is 0 Å². The van der Waals surface area contributed by atoms with Gasteiger partial charge in [-0.1, -0.05) is 13.3 Å². The van der Waals surface area contributed by atoms with Gasteiger partial charge in [-0.2, -0.15) is 0 Å². The molecule has 1 aromatic heterocycles. The number of hydrogen-bond acceptors (Lipinski definition) is 2. The van der Waals surface area contributed by atoms with Gasteiger partial charge in [-0.3, -0.25) is 4.98 Å². The van der Waals surface area contributed by atoms with Crippen LogP contribution in [-0.2, 0) is 12.8 Å². The van der Waals surface area contributed by atoms with Crippen LogP contribution in [0.4, 0.5) is 8.78 Å². The van der Waals surface area contributed by atoms with E-state index < -0.39 is 17.6 Å². The highest BCUT2D eigenvalue weighted by Crippen LogP contribution is 2.34. The Bertz CT molecular complexity index is 743. The number of aryl methyl sites for hydroxylation is 1. The highest BCUT2D eigenvalue weighted by Gasteiger charge is 2.27. The van der Waals surface area contributed by atoms with Crippen LogP contribution in [0, 0.1) is 17.6 Å². The van der Waals surface area contributed by atoms with Crippen LogP contribution in [0.1, 0.15) is 41.4 Å². The van der Waals surface area contributed by atoms with Crippen molar-refractivity contribution in [3.05, 3.63) is 40.6 Å². The predicted octanol–water partition coefficient (Wildman–Crippen LogP) is 3.73. The van der Waals surface area contributed by atoms with E-state index in [4.69, 9.17) is 0 Å². The Morgan fingerprint density at radius 1 is 1.43 bits per heavy atom. The van der Waals surface area contributed by atoms with Crippen LogP contribution >= 0.6 is 0 Å². The minimum Gasteiger partial charge on any atom is -0.478 e. The molecule has 1 unspecified atom stereocenters. The van der Waals surface area contributed by atoms with Crippen LogP contribution in [-0.4, -0.2) is 16.1 Å². The highest BCUT2D eigenvalue weighted by atomic mass is 19.1. The standard InChI is InChI=1S/C16H15F2NO2/c1-2-8-3-4-12-10(5-8)14(16(20)21)15-11(18)6-9(17)7-13(15)19-12/h6-8H,2-5H2,1H3,(H,20,21). The number of aromatic nitrogens is 1. The second kappa shape index (κ2) is 5.06. The first-order valence-corrected chi connectivity index (χ1v) is 7.05. The zero-order valence-corrected chi connectivity index (χ0v) is 11.6. The van der Waals surface area contributed by atoms with Gasteiger partial charge >= 0.3 is 5.97 Å². The Labute approximate surface area is 120 Å². The van der Waals surface area contributed by atoms with Crippen molar-refractivity contribution >= 4 is 16.9 Å². The molecule has 0 fully saturated rings. The number of aromatic carboxylic acids is 1. The summed E-state index contributed by atoms with van der Waals surface area (Å²) in [6.45, 7) is 2.06. The third-order valence-electron chi connectivity index (χ3n) is 4.26. The molecule has 0 saturated carbocycles. The normalized spacial score (nSPS) is 17.8. The smallest absolute Gasteiger partial charge is 0.336 e. The Balaban J connectivity index is 2.35. The van der Waals surface area contributed by atoms with E-state index in [1.54, 1.807) is 0 Å².